The van der Waals surface area contributed by atoms with E-state index in [9.17, 15) is 15.0 Å². The molecule has 0 aromatic heterocycles. The number of hydrogen-bond donors (Lipinski definition) is 3. The van der Waals surface area contributed by atoms with Gasteiger partial charge in [0, 0.05) is 6.42 Å². The van der Waals surface area contributed by atoms with Crippen LogP contribution in [0.4, 0.5) is 0 Å². The third-order valence-electron chi connectivity index (χ3n) is 11.4. The van der Waals surface area contributed by atoms with Gasteiger partial charge in [0.05, 0.1) is 18.8 Å². The molecule has 60 heavy (non-hydrogen) atoms. The number of rotatable bonds is 46. The van der Waals surface area contributed by atoms with Gasteiger partial charge >= 0.3 is 0 Å². The van der Waals surface area contributed by atoms with Crippen LogP contribution in [0.25, 0.3) is 0 Å². The highest BCUT2D eigenvalue weighted by Crippen LogP contribution is 2.16. The third kappa shape index (κ3) is 46.6. The molecular formula is C56H99NO3. The number of hydrogen-bond acceptors (Lipinski definition) is 3. The highest BCUT2D eigenvalue weighted by molar-refractivity contribution is 5.76. The van der Waals surface area contributed by atoms with Gasteiger partial charge in [-0.15, -0.1) is 0 Å². The summed E-state index contributed by atoms with van der Waals surface area (Å²) in [6.45, 7) is 4.16. The summed E-state index contributed by atoms with van der Waals surface area (Å²) < 4.78 is 0. The van der Waals surface area contributed by atoms with Crippen molar-refractivity contribution in [1.82, 2.24) is 5.32 Å². The molecule has 1 amide bonds. The Hall–Kier alpha value is -2.43. The summed E-state index contributed by atoms with van der Waals surface area (Å²) in [5, 5.41) is 23.0. The van der Waals surface area contributed by atoms with Crippen LogP contribution in [0.5, 0.6) is 0 Å². The molecule has 3 N–H and O–H groups in total. The molecule has 2 unspecified atom stereocenters. The molecule has 4 heteroatoms. The molecule has 0 saturated heterocycles. The highest BCUT2D eigenvalue weighted by atomic mass is 16.3. The third-order valence-corrected chi connectivity index (χ3v) is 11.4. The van der Waals surface area contributed by atoms with Crippen LogP contribution in [-0.2, 0) is 4.79 Å². The van der Waals surface area contributed by atoms with Gasteiger partial charge in [0.1, 0.15) is 0 Å². The zero-order valence-electron chi connectivity index (χ0n) is 39.7. The van der Waals surface area contributed by atoms with Crippen LogP contribution in [0, 0.1) is 0 Å². The Morgan fingerprint density at radius 2 is 0.750 bits per heavy atom. The van der Waals surface area contributed by atoms with Crippen molar-refractivity contribution < 1.29 is 15.0 Å². The minimum Gasteiger partial charge on any atom is -0.394 e. The molecule has 0 aliphatic rings. The number of carbonyl (C=O) groups is 1. The molecule has 0 bridgehead atoms. The molecular weight excluding hydrogens is 735 g/mol. The Morgan fingerprint density at radius 3 is 1.17 bits per heavy atom. The zero-order valence-corrected chi connectivity index (χ0v) is 39.7. The first-order valence-electron chi connectivity index (χ1n) is 25.8. The van der Waals surface area contributed by atoms with E-state index in [2.05, 4.69) is 92.1 Å². The second-order valence-electron chi connectivity index (χ2n) is 17.2. The van der Waals surface area contributed by atoms with Crippen molar-refractivity contribution in [3.8, 4) is 0 Å². The summed E-state index contributed by atoms with van der Waals surface area (Å²) in [5.41, 5.74) is 0. The summed E-state index contributed by atoms with van der Waals surface area (Å²) in [6.07, 6.45) is 74.6. The number of amides is 1. The van der Waals surface area contributed by atoms with Gasteiger partial charge in [0.2, 0.25) is 5.91 Å². The minimum atomic E-state index is -0.891. The van der Waals surface area contributed by atoms with Crippen molar-refractivity contribution in [2.75, 3.05) is 6.61 Å². The molecule has 0 rings (SSSR count). The van der Waals surface area contributed by atoms with Crippen LogP contribution in [0.1, 0.15) is 245 Å². The minimum absolute atomic E-state index is 0.132. The van der Waals surface area contributed by atoms with Crippen molar-refractivity contribution >= 4 is 5.91 Å². The molecule has 0 fully saturated rings. The van der Waals surface area contributed by atoms with E-state index >= 15 is 0 Å². The van der Waals surface area contributed by atoms with Gasteiger partial charge in [-0.1, -0.05) is 253 Å². The van der Waals surface area contributed by atoms with Crippen molar-refractivity contribution in [2.24, 2.45) is 0 Å². The highest BCUT2D eigenvalue weighted by Gasteiger charge is 2.17. The Labute approximate surface area is 373 Å². The van der Waals surface area contributed by atoms with Gasteiger partial charge in [-0.2, -0.15) is 0 Å². The van der Waals surface area contributed by atoms with Crippen LogP contribution >= 0.6 is 0 Å². The van der Waals surface area contributed by atoms with Crippen molar-refractivity contribution in [2.45, 2.75) is 257 Å². The average molecular weight is 834 g/mol. The Bertz CT molecular complexity index is 1080. The molecule has 0 aromatic rings. The van der Waals surface area contributed by atoms with E-state index in [1.807, 2.05) is 6.08 Å². The fourth-order valence-corrected chi connectivity index (χ4v) is 7.47. The standard InChI is InChI=1S/C56H99NO3/c1-3-5-7-9-11-13-15-17-19-21-22-23-24-25-26-27-28-29-30-31-32-33-34-36-37-39-41-43-45-47-49-51-55(59)54(53-58)57-56(60)52-50-48-46-44-42-40-38-35-20-18-16-14-12-10-8-6-4-2/h6,8,12,14,18,20,38,40-41,43-44,46,49,51,54-55,58-59H,3-5,7,9-11,13,15-17,19,21-37,39,42,45,47-48,50,52-53H2,1-2H3,(H,57,60)/b8-6-,14-12-,20-18-,40-38-,43-41+,46-44-,51-49+. The lowest BCUT2D eigenvalue weighted by Crippen LogP contribution is -2.45. The fraction of sp³-hybridized carbons (Fsp3) is 0.732. The molecule has 0 aromatic carbocycles. The lowest BCUT2D eigenvalue weighted by molar-refractivity contribution is -0.122. The van der Waals surface area contributed by atoms with Crippen LogP contribution in [0.3, 0.4) is 0 Å². The normalized spacial score (nSPS) is 13.6. The second-order valence-corrected chi connectivity index (χ2v) is 17.2. The summed E-state index contributed by atoms with van der Waals surface area (Å²) in [6, 6.07) is -0.675. The van der Waals surface area contributed by atoms with E-state index in [0.29, 0.717) is 6.42 Å². The Kier molecular flexibility index (Phi) is 48.9. The van der Waals surface area contributed by atoms with E-state index < -0.39 is 12.1 Å². The molecule has 346 valence electrons. The molecule has 2 atom stereocenters. The quantitative estimate of drug-likeness (QED) is 0.0423. The first kappa shape index (κ1) is 57.6. The van der Waals surface area contributed by atoms with Gasteiger partial charge < -0.3 is 15.5 Å². The van der Waals surface area contributed by atoms with Crippen molar-refractivity contribution in [1.29, 1.82) is 0 Å². The van der Waals surface area contributed by atoms with Gasteiger partial charge in [-0.25, -0.2) is 0 Å². The van der Waals surface area contributed by atoms with Crippen molar-refractivity contribution in [3.05, 3.63) is 85.1 Å². The Balaban J connectivity index is 3.59. The first-order chi connectivity index (χ1) is 29.7. The van der Waals surface area contributed by atoms with Gasteiger partial charge in [-0.3, -0.25) is 4.79 Å². The number of carbonyl (C=O) groups excluding carboxylic acids is 1. The molecule has 0 saturated carbocycles. The predicted octanol–water partition coefficient (Wildman–Crippen LogP) is 16.8. The number of nitrogens with one attached hydrogen (secondary N) is 1. The van der Waals surface area contributed by atoms with Crippen LogP contribution in [0.2, 0.25) is 0 Å². The molecule has 0 spiro atoms. The maximum atomic E-state index is 12.4. The van der Waals surface area contributed by atoms with Crippen LogP contribution in [-0.4, -0.2) is 34.9 Å². The monoisotopic (exact) mass is 834 g/mol. The second kappa shape index (κ2) is 50.9. The predicted molar refractivity (Wildman–Crippen MR) is 267 cm³/mol. The van der Waals surface area contributed by atoms with E-state index in [0.717, 1.165) is 64.2 Å². The zero-order chi connectivity index (χ0) is 43.5. The van der Waals surface area contributed by atoms with Gasteiger partial charge in [-0.05, 0) is 70.6 Å². The number of aliphatic hydroxyl groups excluding tert-OH is 2. The number of unbranched alkanes of at least 4 members (excludes halogenated alkanes) is 27. The van der Waals surface area contributed by atoms with E-state index in [4.69, 9.17) is 0 Å². The summed E-state index contributed by atoms with van der Waals surface area (Å²) in [7, 11) is 0. The molecule has 0 aliphatic heterocycles. The summed E-state index contributed by atoms with van der Waals surface area (Å²) >= 11 is 0. The fourth-order valence-electron chi connectivity index (χ4n) is 7.47. The number of aliphatic hydroxyl groups is 2. The Morgan fingerprint density at radius 1 is 0.417 bits per heavy atom. The lowest BCUT2D eigenvalue weighted by atomic mass is 10.0. The topological polar surface area (TPSA) is 69.6 Å². The molecule has 4 nitrogen and oxygen atoms in total. The van der Waals surface area contributed by atoms with Crippen LogP contribution in [0.15, 0.2) is 85.1 Å². The van der Waals surface area contributed by atoms with Gasteiger partial charge in [0.15, 0.2) is 0 Å². The van der Waals surface area contributed by atoms with E-state index in [1.165, 1.54) is 161 Å². The maximum Gasteiger partial charge on any atom is 0.220 e. The van der Waals surface area contributed by atoms with E-state index in [1.54, 1.807) is 6.08 Å². The maximum absolute atomic E-state index is 12.4. The first-order valence-corrected chi connectivity index (χ1v) is 25.8. The summed E-state index contributed by atoms with van der Waals surface area (Å²) in [4.78, 5) is 12.4. The largest absolute Gasteiger partial charge is 0.394 e. The lowest BCUT2D eigenvalue weighted by Gasteiger charge is -2.19. The number of allylic oxidation sites excluding steroid dienone is 13. The molecule has 0 radical (unpaired) electrons. The molecule has 0 heterocycles. The van der Waals surface area contributed by atoms with E-state index in [-0.39, 0.29) is 12.5 Å². The smallest absolute Gasteiger partial charge is 0.220 e. The van der Waals surface area contributed by atoms with Crippen LogP contribution < -0.4 is 5.32 Å². The SMILES string of the molecule is CC/C=C\C/C=C\C/C=C\C/C=C\C/C=C\CCCC(=O)NC(CO)C(O)/C=C/CC/C=C/CCCCCCCCCCCCCCCCCCCCCCCCCCC. The summed E-state index contributed by atoms with van der Waals surface area (Å²) in [5.74, 6) is -0.132. The van der Waals surface area contributed by atoms with Gasteiger partial charge in [0.25, 0.3) is 0 Å². The molecule has 0 aliphatic carbocycles. The average Bonchev–Trinajstić information content (AvgIpc) is 3.25. The van der Waals surface area contributed by atoms with Crippen molar-refractivity contribution in [3.63, 3.8) is 0 Å².